The van der Waals surface area contributed by atoms with E-state index in [9.17, 15) is 0 Å². The van der Waals surface area contributed by atoms with Crippen LogP contribution < -0.4 is 9.47 Å². The van der Waals surface area contributed by atoms with Crippen molar-refractivity contribution in [3.63, 3.8) is 0 Å². The van der Waals surface area contributed by atoms with Gasteiger partial charge >= 0.3 is 0 Å². The van der Waals surface area contributed by atoms with Gasteiger partial charge in [0, 0.05) is 12.3 Å². The second-order valence-corrected chi connectivity index (χ2v) is 6.33. The molecular weight excluding hydrogens is 334 g/mol. The summed E-state index contributed by atoms with van der Waals surface area (Å²) in [6, 6.07) is 17.8. The van der Waals surface area contributed by atoms with Gasteiger partial charge in [0.15, 0.2) is 11.0 Å². The van der Waals surface area contributed by atoms with E-state index in [-0.39, 0.29) is 0 Å². The van der Waals surface area contributed by atoms with E-state index in [4.69, 9.17) is 9.47 Å². The molecule has 3 aromatic rings. The summed E-state index contributed by atoms with van der Waals surface area (Å²) >= 11 is 1.66. The highest BCUT2D eigenvalue weighted by Gasteiger charge is 2.12. The first-order chi connectivity index (χ1) is 12.3. The molecule has 0 fully saturated rings. The zero-order valence-corrected chi connectivity index (χ0v) is 15.2. The molecule has 0 unspecified atom stereocenters. The molecule has 0 aliphatic carbocycles. The highest BCUT2D eigenvalue weighted by molar-refractivity contribution is 7.98. The Labute approximate surface area is 152 Å². The first-order valence-electron chi connectivity index (χ1n) is 8.15. The lowest BCUT2D eigenvalue weighted by Gasteiger charge is -2.09. The second-order valence-electron chi connectivity index (χ2n) is 5.38. The van der Waals surface area contributed by atoms with E-state index in [1.165, 1.54) is 5.56 Å². The van der Waals surface area contributed by atoms with Crippen LogP contribution in [-0.4, -0.2) is 21.9 Å². The molecular formula is C19H21N3O2S. The van der Waals surface area contributed by atoms with Crippen molar-refractivity contribution in [3.8, 4) is 11.5 Å². The van der Waals surface area contributed by atoms with E-state index in [2.05, 4.69) is 27.8 Å². The van der Waals surface area contributed by atoms with Crippen molar-refractivity contribution in [1.29, 1.82) is 0 Å². The van der Waals surface area contributed by atoms with Gasteiger partial charge in [-0.05, 0) is 36.8 Å². The Hall–Kier alpha value is -2.47. The fraction of sp³-hybridized carbons (Fsp3) is 0.263. The van der Waals surface area contributed by atoms with Gasteiger partial charge in [0.2, 0.25) is 0 Å². The molecule has 0 amide bonds. The van der Waals surface area contributed by atoms with E-state index >= 15 is 0 Å². The van der Waals surface area contributed by atoms with Crippen LogP contribution in [0.25, 0.3) is 0 Å². The van der Waals surface area contributed by atoms with Crippen molar-refractivity contribution in [2.75, 3.05) is 7.11 Å². The Morgan fingerprint density at radius 2 is 1.80 bits per heavy atom. The highest BCUT2D eigenvalue weighted by Crippen LogP contribution is 2.24. The zero-order valence-electron chi connectivity index (χ0n) is 14.4. The maximum Gasteiger partial charge on any atom is 0.191 e. The van der Waals surface area contributed by atoms with Crippen LogP contribution in [0.3, 0.4) is 0 Å². The van der Waals surface area contributed by atoms with Gasteiger partial charge in [-0.2, -0.15) is 0 Å². The van der Waals surface area contributed by atoms with Crippen LogP contribution >= 0.6 is 11.8 Å². The van der Waals surface area contributed by atoms with Gasteiger partial charge in [0.25, 0.3) is 0 Å². The molecule has 1 heterocycles. The SMILES string of the molecule is CCn1c(COc2ccccc2)nnc1SCc1cccc(OC)c1. The Bertz CT molecular complexity index is 805. The fourth-order valence-corrected chi connectivity index (χ4v) is 3.39. The standard InChI is InChI=1S/C19H21N3O2S/c1-3-22-18(13-24-16-9-5-4-6-10-16)20-21-19(22)25-14-15-8-7-11-17(12-15)23-2/h4-12H,3,13-14H2,1-2H3. The molecule has 1 aromatic heterocycles. The highest BCUT2D eigenvalue weighted by atomic mass is 32.2. The lowest BCUT2D eigenvalue weighted by Crippen LogP contribution is -2.07. The lowest BCUT2D eigenvalue weighted by molar-refractivity contribution is 0.288. The minimum absolute atomic E-state index is 0.407. The van der Waals surface area contributed by atoms with Crippen LogP contribution in [0.2, 0.25) is 0 Å². The molecule has 130 valence electrons. The van der Waals surface area contributed by atoms with Gasteiger partial charge in [-0.3, -0.25) is 0 Å². The van der Waals surface area contributed by atoms with Crippen molar-refractivity contribution in [2.45, 2.75) is 31.0 Å². The third kappa shape index (κ3) is 4.54. The monoisotopic (exact) mass is 355 g/mol. The topological polar surface area (TPSA) is 49.2 Å². The van der Waals surface area contributed by atoms with E-state index in [1.807, 2.05) is 48.5 Å². The van der Waals surface area contributed by atoms with E-state index in [0.29, 0.717) is 6.61 Å². The summed E-state index contributed by atoms with van der Waals surface area (Å²) < 4.78 is 13.2. The van der Waals surface area contributed by atoms with Gasteiger partial charge < -0.3 is 14.0 Å². The largest absolute Gasteiger partial charge is 0.497 e. The normalized spacial score (nSPS) is 10.6. The smallest absolute Gasteiger partial charge is 0.191 e. The molecule has 3 rings (SSSR count). The Morgan fingerprint density at radius 1 is 1.00 bits per heavy atom. The average molecular weight is 355 g/mol. The number of methoxy groups -OCH3 is 1. The van der Waals surface area contributed by atoms with Crippen LogP contribution in [0.1, 0.15) is 18.3 Å². The van der Waals surface area contributed by atoms with Crippen LogP contribution in [0.4, 0.5) is 0 Å². The third-order valence-electron chi connectivity index (χ3n) is 3.72. The van der Waals surface area contributed by atoms with Gasteiger partial charge in [0.05, 0.1) is 7.11 Å². The minimum Gasteiger partial charge on any atom is -0.497 e. The van der Waals surface area contributed by atoms with E-state index in [0.717, 1.165) is 34.8 Å². The maximum atomic E-state index is 5.79. The summed E-state index contributed by atoms with van der Waals surface area (Å²) in [6.07, 6.45) is 0. The molecule has 0 saturated carbocycles. The summed E-state index contributed by atoms with van der Waals surface area (Å²) in [5.41, 5.74) is 1.19. The summed E-state index contributed by atoms with van der Waals surface area (Å²) in [4.78, 5) is 0. The summed E-state index contributed by atoms with van der Waals surface area (Å²) in [7, 11) is 1.68. The van der Waals surface area contributed by atoms with Crippen molar-refractivity contribution in [2.24, 2.45) is 0 Å². The Balaban J connectivity index is 1.65. The summed E-state index contributed by atoms with van der Waals surface area (Å²) in [5, 5.41) is 9.51. The van der Waals surface area contributed by atoms with E-state index in [1.54, 1.807) is 18.9 Å². The molecule has 0 aliphatic rings. The second kappa shape index (κ2) is 8.58. The molecule has 0 bridgehead atoms. The Morgan fingerprint density at radius 3 is 2.56 bits per heavy atom. The molecule has 5 nitrogen and oxygen atoms in total. The first kappa shape index (κ1) is 17.4. The number of aromatic nitrogens is 3. The molecule has 25 heavy (non-hydrogen) atoms. The number of para-hydroxylation sites is 1. The molecule has 0 aliphatic heterocycles. The Kier molecular flexibility index (Phi) is 5.95. The van der Waals surface area contributed by atoms with Crippen LogP contribution in [0.15, 0.2) is 59.8 Å². The van der Waals surface area contributed by atoms with Gasteiger partial charge in [0.1, 0.15) is 18.1 Å². The van der Waals surface area contributed by atoms with Crippen LogP contribution in [0, 0.1) is 0 Å². The molecule has 6 heteroatoms. The molecule has 0 atom stereocenters. The molecule has 0 spiro atoms. The van der Waals surface area contributed by atoms with E-state index < -0.39 is 0 Å². The number of thioether (sulfide) groups is 1. The fourth-order valence-electron chi connectivity index (χ4n) is 2.42. The van der Waals surface area contributed by atoms with Crippen molar-refractivity contribution >= 4 is 11.8 Å². The summed E-state index contributed by atoms with van der Waals surface area (Å²) in [5.74, 6) is 3.35. The number of hydrogen-bond donors (Lipinski definition) is 0. The molecule has 0 radical (unpaired) electrons. The number of rotatable bonds is 8. The number of ether oxygens (including phenoxy) is 2. The van der Waals surface area contributed by atoms with Crippen molar-refractivity contribution in [3.05, 3.63) is 66.0 Å². The molecule has 2 aromatic carbocycles. The number of benzene rings is 2. The van der Waals surface area contributed by atoms with Gasteiger partial charge in [-0.1, -0.05) is 42.1 Å². The predicted molar refractivity (Wildman–Crippen MR) is 99.0 cm³/mol. The lowest BCUT2D eigenvalue weighted by atomic mass is 10.2. The van der Waals surface area contributed by atoms with Gasteiger partial charge in [-0.15, -0.1) is 10.2 Å². The van der Waals surface area contributed by atoms with Gasteiger partial charge in [-0.25, -0.2) is 0 Å². The summed E-state index contributed by atoms with van der Waals surface area (Å²) in [6.45, 7) is 3.30. The van der Waals surface area contributed by atoms with Crippen LogP contribution in [-0.2, 0) is 18.9 Å². The average Bonchev–Trinajstić information content (AvgIpc) is 3.07. The number of hydrogen-bond acceptors (Lipinski definition) is 5. The molecule has 0 N–H and O–H groups in total. The van der Waals surface area contributed by atoms with Crippen LogP contribution in [0.5, 0.6) is 11.5 Å². The first-order valence-corrected chi connectivity index (χ1v) is 9.14. The quantitative estimate of drug-likeness (QED) is 0.567. The minimum atomic E-state index is 0.407. The zero-order chi connectivity index (χ0) is 17.5. The number of nitrogens with zero attached hydrogens (tertiary/aromatic N) is 3. The van der Waals surface area contributed by atoms with Crippen molar-refractivity contribution < 1.29 is 9.47 Å². The predicted octanol–water partition coefficient (Wildman–Crippen LogP) is 4.18. The van der Waals surface area contributed by atoms with Crippen molar-refractivity contribution in [1.82, 2.24) is 14.8 Å². The molecule has 0 saturated heterocycles. The third-order valence-corrected chi connectivity index (χ3v) is 4.76. The maximum absolute atomic E-state index is 5.79.